The molecule has 0 aromatic carbocycles. The summed E-state index contributed by atoms with van der Waals surface area (Å²) in [5.74, 6) is 0.835. The molecule has 2 N–H and O–H groups in total. The molecule has 1 fully saturated rings. The molecule has 0 spiro atoms. The molecule has 0 unspecified atom stereocenters. The monoisotopic (exact) mass is 1160 g/mol. The number of thiophene rings is 2. The average molecular weight is 1160 g/mol. The normalized spacial score (nSPS) is 12.7. The predicted octanol–water partition coefficient (Wildman–Crippen LogP) is 11.3. The average Bonchev–Trinajstić information content (AvgIpc) is 4.32. The summed E-state index contributed by atoms with van der Waals surface area (Å²) in [4.78, 5) is 87.9. The summed E-state index contributed by atoms with van der Waals surface area (Å²) in [5.41, 5.74) is 0.373. The van der Waals surface area contributed by atoms with Crippen LogP contribution in [0.4, 0.5) is 17.5 Å². The zero-order valence-electron chi connectivity index (χ0n) is 44.5. The molecule has 9 aromatic rings. The van der Waals surface area contributed by atoms with Gasteiger partial charge in [-0.3, -0.25) is 38.3 Å². The van der Waals surface area contributed by atoms with Gasteiger partial charge in [0.2, 0.25) is 11.6 Å². The van der Waals surface area contributed by atoms with E-state index in [1.807, 2.05) is 76.8 Å². The Morgan fingerprint density at radius 3 is 1.73 bits per heavy atom. The van der Waals surface area contributed by atoms with E-state index in [9.17, 15) is 28.8 Å². The lowest BCUT2D eigenvalue weighted by molar-refractivity contribution is 0.0746. The number of pyridine rings is 3. The van der Waals surface area contributed by atoms with Gasteiger partial charge in [0.05, 0.1) is 83.2 Å². The first-order chi connectivity index (χ1) is 38.2. The predicted molar refractivity (Wildman–Crippen MR) is 310 cm³/mol. The van der Waals surface area contributed by atoms with Gasteiger partial charge in [0, 0.05) is 75.4 Å². The minimum Gasteiger partial charge on any atom is -0.461 e. The molecule has 0 radical (unpaired) electrons. The van der Waals surface area contributed by atoms with Crippen LogP contribution in [0, 0.1) is 10.8 Å². The maximum absolute atomic E-state index is 13.8. The minimum atomic E-state index is -0.717. The van der Waals surface area contributed by atoms with E-state index < -0.39 is 16.4 Å². The Balaban J connectivity index is 0.000000194. The number of Topliss-reactive ketones (excluding diaryl/α,β-unsaturated/α-hetero) is 2. The number of ether oxygens (including phenoxy) is 1. The number of hydrogen-bond acceptors (Lipinski definition) is 17. The smallest absolute Gasteiger partial charge is 0.261 e. The molecule has 9 aromatic heterocycles. The highest BCUT2D eigenvalue weighted by atomic mass is 35.5. The molecule has 10 rings (SSSR count). The number of aromatic nitrogens is 7. The molecule has 0 aliphatic carbocycles. The second-order valence-corrected chi connectivity index (χ2v) is 24.2. The van der Waals surface area contributed by atoms with E-state index in [-0.39, 0.29) is 59.1 Å². The number of hydrogen-bond donors (Lipinski definition) is 2. The molecule has 19 nitrogen and oxygen atoms in total. The van der Waals surface area contributed by atoms with Crippen LogP contribution in [0.3, 0.4) is 0 Å². The van der Waals surface area contributed by atoms with Crippen LogP contribution in [-0.2, 0) is 30.9 Å². The molecule has 0 saturated carbocycles. The third kappa shape index (κ3) is 13.2. The Kier molecular flexibility index (Phi) is 17.2. The van der Waals surface area contributed by atoms with E-state index in [4.69, 9.17) is 36.8 Å². The first kappa shape index (κ1) is 56.8. The van der Waals surface area contributed by atoms with Crippen molar-refractivity contribution in [2.45, 2.75) is 67.7 Å². The number of halogens is 2. The number of nitrogens with zero attached hydrogens (tertiary/aromatic N) is 8. The fourth-order valence-electron chi connectivity index (χ4n) is 8.42. The van der Waals surface area contributed by atoms with Crippen molar-refractivity contribution in [3.63, 3.8) is 0 Å². The van der Waals surface area contributed by atoms with E-state index in [0.29, 0.717) is 93.7 Å². The quantitative estimate of drug-likeness (QED) is 0.0859. The third-order valence-corrected chi connectivity index (χ3v) is 15.0. The Bertz CT molecular complexity index is 3800. The van der Waals surface area contributed by atoms with Crippen LogP contribution in [0.5, 0.6) is 0 Å². The number of rotatable bonds is 16. The summed E-state index contributed by atoms with van der Waals surface area (Å²) in [5, 5.41) is 15.9. The van der Waals surface area contributed by atoms with Crippen LogP contribution in [0.25, 0.3) is 33.8 Å². The summed E-state index contributed by atoms with van der Waals surface area (Å²) < 4.78 is 22.7. The summed E-state index contributed by atoms with van der Waals surface area (Å²) in [7, 11) is 0. The van der Waals surface area contributed by atoms with Gasteiger partial charge in [0.25, 0.3) is 22.9 Å². The van der Waals surface area contributed by atoms with Crippen LogP contribution in [-0.4, -0.2) is 83.4 Å². The van der Waals surface area contributed by atoms with Crippen LogP contribution < -0.4 is 26.7 Å². The van der Waals surface area contributed by atoms with E-state index >= 15 is 0 Å². The van der Waals surface area contributed by atoms with Crippen molar-refractivity contribution in [3.05, 3.63) is 173 Å². The fourth-order valence-corrected chi connectivity index (χ4v) is 10.5. The summed E-state index contributed by atoms with van der Waals surface area (Å²) in [6.07, 6.45) is 5.96. The Morgan fingerprint density at radius 2 is 1.21 bits per heavy atom. The molecule has 414 valence electrons. The zero-order chi connectivity index (χ0) is 56.9. The highest BCUT2D eigenvalue weighted by molar-refractivity contribution is 7.16. The molecule has 1 aliphatic rings. The lowest BCUT2D eigenvalue weighted by Gasteiger charge is -2.31. The molecule has 80 heavy (non-hydrogen) atoms. The van der Waals surface area contributed by atoms with Crippen LogP contribution in [0.2, 0.25) is 8.67 Å². The zero-order valence-corrected chi connectivity index (χ0v) is 47.7. The van der Waals surface area contributed by atoms with Gasteiger partial charge < -0.3 is 33.7 Å². The first-order valence-electron chi connectivity index (χ1n) is 25.3. The molecule has 10 heterocycles. The van der Waals surface area contributed by atoms with Gasteiger partial charge in [0.1, 0.15) is 17.5 Å². The highest BCUT2D eigenvalue weighted by Crippen LogP contribution is 2.33. The van der Waals surface area contributed by atoms with Crippen molar-refractivity contribution in [2.24, 2.45) is 10.8 Å². The van der Waals surface area contributed by atoms with Crippen molar-refractivity contribution >= 4 is 86.7 Å². The highest BCUT2D eigenvalue weighted by Gasteiger charge is 2.30. The number of carbonyl (C=O) groups excluding carboxylic acids is 4. The Hall–Kier alpha value is -7.95. The Labute approximate surface area is 477 Å². The topological polar surface area (TPSA) is 224 Å². The third-order valence-electron chi connectivity index (χ3n) is 12.5. The van der Waals surface area contributed by atoms with E-state index in [0.717, 1.165) is 9.75 Å². The van der Waals surface area contributed by atoms with Gasteiger partial charge in [-0.1, -0.05) is 70.8 Å². The molecule has 1 saturated heterocycles. The largest absolute Gasteiger partial charge is 0.461 e. The summed E-state index contributed by atoms with van der Waals surface area (Å²) in [6, 6.07) is 27.6. The van der Waals surface area contributed by atoms with Gasteiger partial charge in [-0.15, -0.1) is 22.7 Å². The maximum atomic E-state index is 13.8. The van der Waals surface area contributed by atoms with Gasteiger partial charge >= 0.3 is 0 Å². The summed E-state index contributed by atoms with van der Waals surface area (Å²) >= 11 is 15.1. The standard InChI is InChI=1S/C29H26ClN5O4S.C28H30ClN5O5S/c1-29(2,3)28(38)35-25(32-16-18-9-10-24(30)40-18)15-21(33-35)19-11-13-34(17-22(36)23-8-6-14-39-23)27(37)26(19)20-7-4-5-12-31-20;1-28(2,3)27(37)34-24(30-16-19-6-7-23(29)40-19)15-20(31-34)18-13-25(32-8-11-38-12-9-32)33(26(36)14-18)17-21(35)22-5-4-10-39-22/h4-15,32H,16-17H2,1-3H3;4-7,10,13-15,30H,8-9,11-12,16-17H2,1-3H3. The van der Waals surface area contributed by atoms with E-state index in [1.165, 1.54) is 66.0 Å². The lowest BCUT2D eigenvalue weighted by Crippen LogP contribution is -2.40. The van der Waals surface area contributed by atoms with Gasteiger partial charge in [-0.2, -0.15) is 19.6 Å². The number of furan rings is 2. The van der Waals surface area contributed by atoms with Crippen LogP contribution in [0.1, 0.15) is 82.0 Å². The molecule has 0 atom stereocenters. The number of nitrogens with one attached hydrogen (secondary N) is 2. The van der Waals surface area contributed by atoms with Crippen LogP contribution in [0.15, 0.2) is 140 Å². The molecule has 0 bridgehead atoms. The van der Waals surface area contributed by atoms with Crippen molar-refractivity contribution in [1.82, 2.24) is 33.7 Å². The van der Waals surface area contributed by atoms with E-state index in [2.05, 4.69) is 25.8 Å². The Morgan fingerprint density at radius 1 is 0.650 bits per heavy atom. The van der Waals surface area contributed by atoms with Gasteiger partial charge in [0.15, 0.2) is 11.5 Å². The van der Waals surface area contributed by atoms with Crippen molar-refractivity contribution < 1.29 is 32.7 Å². The van der Waals surface area contributed by atoms with Crippen molar-refractivity contribution in [2.75, 3.05) is 41.8 Å². The van der Waals surface area contributed by atoms with E-state index in [1.54, 1.807) is 66.9 Å². The fraction of sp³-hybridized carbons (Fsp3) is 0.281. The second-order valence-electron chi connectivity index (χ2n) is 20.6. The summed E-state index contributed by atoms with van der Waals surface area (Å²) in [6.45, 7) is 13.6. The minimum absolute atomic E-state index is 0.164. The molecule has 0 amide bonds. The number of morpholine rings is 1. The van der Waals surface area contributed by atoms with Crippen molar-refractivity contribution in [3.8, 4) is 33.8 Å². The number of carbonyl (C=O) groups is 4. The van der Waals surface area contributed by atoms with Crippen molar-refractivity contribution in [1.29, 1.82) is 0 Å². The van der Waals surface area contributed by atoms with Crippen LogP contribution >= 0.6 is 45.9 Å². The number of ketones is 2. The van der Waals surface area contributed by atoms with Gasteiger partial charge in [-0.25, -0.2) is 0 Å². The molecule has 23 heteroatoms. The number of anilines is 3. The maximum Gasteiger partial charge on any atom is 0.261 e. The lowest BCUT2D eigenvalue weighted by atomic mass is 9.96. The SMILES string of the molecule is CC(C)(C)C(=O)n1nc(-c2cc(N3CCOCC3)n(CC(=O)c3ccco3)c(=O)c2)cc1NCc1ccc(Cl)s1.CC(C)(C)C(=O)n1nc(-c2ccn(CC(=O)c3ccco3)c(=O)c2-c2ccccn2)cc1NCc1ccc(Cl)s1. The molecular formula is C57H56Cl2N10O9S2. The first-order valence-corrected chi connectivity index (χ1v) is 27.7. The molecular weight excluding hydrogens is 1100 g/mol. The second kappa shape index (κ2) is 24.2. The van der Waals surface area contributed by atoms with Gasteiger partial charge in [-0.05, 0) is 72.8 Å². The molecule has 1 aliphatic heterocycles.